The van der Waals surface area contributed by atoms with Crippen LogP contribution in [0.4, 0.5) is 0 Å². The Morgan fingerprint density at radius 1 is 1.14 bits per heavy atom. The molecule has 0 spiro atoms. The molecule has 0 atom stereocenters. The number of thioether (sulfide) groups is 1. The smallest absolute Gasteiger partial charge is 0.209 e. The third-order valence-corrected chi connectivity index (χ3v) is 2.63. The second-order valence-electron chi connectivity index (χ2n) is 2.77. The summed E-state index contributed by atoms with van der Waals surface area (Å²) in [7, 11) is 0. The van der Waals surface area contributed by atoms with Gasteiger partial charge in [-0.3, -0.25) is 0 Å². The molecular formula is C9H15N3OS. The highest BCUT2D eigenvalue weighted by Crippen LogP contribution is 2.13. The van der Waals surface area contributed by atoms with Crippen molar-refractivity contribution < 1.29 is 5.11 Å². The molecule has 0 aliphatic heterocycles. The third-order valence-electron chi connectivity index (χ3n) is 1.81. The monoisotopic (exact) mass is 213 g/mol. The van der Waals surface area contributed by atoms with Crippen molar-refractivity contribution in [3.05, 3.63) is 11.4 Å². The van der Waals surface area contributed by atoms with Crippen LogP contribution in [-0.2, 0) is 12.8 Å². The summed E-state index contributed by atoms with van der Waals surface area (Å²) < 4.78 is 0. The summed E-state index contributed by atoms with van der Waals surface area (Å²) in [5.74, 6) is 0.621. The predicted octanol–water partition coefficient (Wildman–Crippen LogP) is 1.08. The van der Waals surface area contributed by atoms with Gasteiger partial charge in [-0.25, -0.2) is 4.98 Å². The SMILES string of the molecule is CCc1nnc(SCCO)nc1CC. The van der Waals surface area contributed by atoms with E-state index >= 15 is 0 Å². The maximum Gasteiger partial charge on any atom is 0.209 e. The molecule has 0 aliphatic carbocycles. The summed E-state index contributed by atoms with van der Waals surface area (Å²) in [4.78, 5) is 4.38. The number of hydrogen-bond acceptors (Lipinski definition) is 5. The van der Waals surface area contributed by atoms with Gasteiger partial charge in [-0.2, -0.15) is 5.10 Å². The standard InChI is InChI=1S/C9H15N3OS/c1-3-7-8(4-2)11-12-9(10-7)14-6-5-13/h13H,3-6H2,1-2H3. The van der Waals surface area contributed by atoms with Crippen molar-refractivity contribution in [2.75, 3.05) is 12.4 Å². The van der Waals surface area contributed by atoms with Crippen LogP contribution < -0.4 is 0 Å². The predicted molar refractivity (Wildman–Crippen MR) is 56.4 cm³/mol. The quantitative estimate of drug-likeness (QED) is 0.742. The van der Waals surface area contributed by atoms with Crippen LogP contribution in [0.3, 0.4) is 0 Å². The molecule has 78 valence electrons. The molecule has 1 aromatic heterocycles. The van der Waals surface area contributed by atoms with Gasteiger partial charge < -0.3 is 5.11 Å². The van der Waals surface area contributed by atoms with Crippen molar-refractivity contribution in [3.8, 4) is 0 Å². The van der Waals surface area contributed by atoms with E-state index in [1.807, 2.05) is 6.92 Å². The number of aliphatic hydroxyl groups is 1. The first-order valence-electron chi connectivity index (χ1n) is 4.77. The summed E-state index contributed by atoms with van der Waals surface area (Å²) in [6.07, 6.45) is 1.75. The fraction of sp³-hybridized carbons (Fsp3) is 0.667. The van der Waals surface area contributed by atoms with E-state index in [1.54, 1.807) is 0 Å². The maximum absolute atomic E-state index is 8.66. The summed E-state index contributed by atoms with van der Waals surface area (Å²) in [5, 5.41) is 17.4. The lowest BCUT2D eigenvalue weighted by atomic mass is 10.2. The van der Waals surface area contributed by atoms with Gasteiger partial charge in [0, 0.05) is 5.75 Å². The molecule has 4 nitrogen and oxygen atoms in total. The number of hydrogen-bond donors (Lipinski definition) is 1. The Labute approximate surface area is 88.2 Å². The zero-order valence-corrected chi connectivity index (χ0v) is 9.34. The molecule has 14 heavy (non-hydrogen) atoms. The number of aromatic nitrogens is 3. The van der Waals surface area contributed by atoms with Gasteiger partial charge in [-0.05, 0) is 12.8 Å². The number of rotatable bonds is 5. The second kappa shape index (κ2) is 5.93. The molecule has 0 bridgehead atoms. The van der Waals surface area contributed by atoms with E-state index in [-0.39, 0.29) is 6.61 Å². The first-order valence-corrected chi connectivity index (χ1v) is 5.76. The van der Waals surface area contributed by atoms with E-state index in [2.05, 4.69) is 22.1 Å². The minimum atomic E-state index is 0.144. The van der Waals surface area contributed by atoms with Gasteiger partial charge in [-0.1, -0.05) is 25.6 Å². The van der Waals surface area contributed by atoms with Crippen LogP contribution >= 0.6 is 11.8 Å². The Morgan fingerprint density at radius 2 is 1.86 bits per heavy atom. The minimum absolute atomic E-state index is 0.144. The zero-order chi connectivity index (χ0) is 10.4. The first kappa shape index (κ1) is 11.4. The van der Waals surface area contributed by atoms with Crippen LogP contribution in [0.1, 0.15) is 25.2 Å². The van der Waals surface area contributed by atoms with Crippen LogP contribution in [0.5, 0.6) is 0 Å². The van der Waals surface area contributed by atoms with Gasteiger partial charge in [0.25, 0.3) is 0 Å². The summed E-state index contributed by atoms with van der Waals surface area (Å²) in [6, 6.07) is 0. The molecule has 0 aromatic carbocycles. The van der Waals surface area contributed by atoms with E-state index in [0.717, 1.165) is 24.2 Å². The molecule has 5 heteroatoms. The molecule has 1 rings (SSSR count). The molecule has 1 aromatic rings. The van der Waals surface area contributed by atoms with Crippen molar-refractivity contribution in [3.63, 3.8) is 0 Å². The Morgan fingerprint density at radius 3 is 2.43 bits per heavy atom. The summed E-state index contributed by atoms with van der Waals surface area (Å²) >= 11 is 1.43. The Kier molecular flexibility index (Phi) is 4.82. The van der Waals surface area contributed by atoms with Crippen molar-refractivity contribution in [2.24, 2.45) is 0 Å². The van der Waals surface area contributed by atoms with Crippen LogP contribution in [-0.4, -0.2) is 32.6 Å². The Hall–Kier alpha value is -0.680. The van der Waals surface area contributed by atoms with Gasteiger partial charge in [0.1, 0.15) is 0 Å². The average Bonchev–Trinajstić information content (AvgIpc) is 2.25. The summed E-state index contributed by atoms with van der Waals surface area (Å²) in [6.45, 7) is 4.25. The van der Waals surface area contributed by atoms with E-state index in [4.69, 9.17) is 5.11 Å². The lowest BCUT2D eigenvalue weighted by Crippen LogP contribution is -2.04. The average molecular weight is 213 g/mol. The van der Waals surface area contributed by atoms with Crippen LogP contribution in [0.15, 0.2) is 5.16 Å². The number of aryl methyl sites for hydroxylation is 2. The molecule has 1 N–H and O–H groups in total. The van der Waals surface area contributed by atoms with Crippen molar-refractivity contribution >= 4 is 11.8 Å². The molecule has 1 heterocycles. The Balaban J connectivity index is 2.79. The topological polar surface area (TPSA) is 58.9 Å². The van der Waals surface area contributed by atoms with Crippen molar-refractivity contribution in [1.82, 2.24) is 15.2 Å². The lowest BCUT2D eigenvalue weighted by molar-refractivity contribution is 0.322. The van der Waals surface area contributed by atoms with E-state index < -0.39 is 0 Å². The largest absolute Gasteiger partial charge is 0.396 e. The van der Waals surface area contributed by atoms with E-state index in [0.29, 0.717) is 10.9 Å². The second-order valence-corrected chi connectivity index (χ2v) is 3.83. The molecule has 0 fully saturated rings. The summed E-state index contributed by atoms with van der Waals surface area (Å²) in [5.41, 5.74) is 1.99. The Bertz CT molecular complexity index is 293. The van der Waals surface area contributed by atoms with Gasteiger partial charge in [-0.15, -0.1) is 5.10 Å². The molecule has 0 saturated heterocycles. The van der Waals surface area contributed by atoms with Crippen LogP contribution in [0.2, 0.25) is 0 Å². The highest BCUT2D eigenvalue weighted by Gasteiger charge is 2.05. The van der Waals surface area contributed by atoms with Crippen LogP contribution in [0.25, 0.3) is 0 Å². The molecule has 0 radical (unpaired) electrons. The zero-order valence-electron chi connectivity index (χ0n) is 8.53. The molecule has 0 saturated carbocycles. The fourth-order valence-corrected chi connectivity index (χ4v) is 1.67. The highest BCUT2D eigenvalue weighted by molar-refractivity contribution is 7.99. The normalized spacial score (nSPS) is 10.5. The highest BCUT2D eigenvalue weighted by atomic mass is 32.2. The molecule has 0 unspecified atom stereocenters. The molecule has 0 aliphatic rings. The van der Waals surface area contributed by atoms with Crippen molar-refractivity contribution in [2.45, 2.75) is 31.8 Å². The van der Waals surface area contributed by atoms with E-state index in [9.17, 15) is 0 Å². The number of nitrogens with zero attached hydrogens (tertiary/aromatic N) is 3. The molecular weight excluding hydrogens is 198 g/mol. The van der Waals surface area contributed by atoms with Crippen molar-refractivity contribution in [1.29, 1.82) is 0 Å². The third kappa shape index (κ3) is 2.92. The number of aliphatic hydroxyl groups excluding tert-OH is 1. The van der Waals surface area contributed by atoms with E-state index in [1.165, 1.54) is 11.8 Å². The van der Waals surface area contributed by atoms with Gasteiger partial charge in [0.2, 0.25) is 5.16 Å². The fourth-order valence-electron chi connectivity index (χ4n) is 1.12. The van der Waals surface area contributed by atoms with Gasteiger partial charge >= 0.3 is 0 Å². The molecule has 0 amide bonds. The first-order chi connectivity index (χ1) is 6.81. The lowest BCUT2D eigenvalue weighted by Gasteiger charge is -2.04. The van der Waals surface area contributed by atoms with Crippen LogP contribution in [0, 0.1) is 0 Å². The van der Waals surface area contributed by atoms with Gasteiger partial charge in [0.05, 0.1) is 18.0 Å². The minimum Gasteiger partial charge on any atom is -0.396 e. The van der Waals surface area contributed by atoms with Gasteiger partial charge in [0.15, 0.2) is 0 Å². The maximum atomic E-state index is 8.66.